The highest BCUT2D eigenvalue weighted by atomic mass is 35.5. The highest BCUT2D eigenvalue weighted by Gasteiger charge is 2.56. The summed E-state index contributed by atoms with van der Waals surface area (Å²) in [6.07, 6.45) is 1.35. The fourth-order valence-corrected chi connectivity index (χ4v) is 4.36. The average Bonchev–Trinajstić information content (AvgIpc) is 2.27. The summed E-state index contributed by atoms with van der Waals surface area (Å²) in [5, 5.41) is 0.456. The molecule has 0 bridgehead atoms. The van der Waals surface area contributed by atoms with E-state index in [2.05, 4.69) is 0 Å². The summed E-state index contributed by atoms with van der Waals surface area (Å²) in [4.78, 5) is 12.1. The van der Waals surface area contributed by atoms with Crippen LogP contribution in [0.5, 0.6) is 0 Å². The van der Waals surface area contributed by atoms with Gasteiger partial charge in [0.1, 0.15) is 0 Å². The van der Waals surface area contributed by atoms with Crippen LogP contribution in [0.2, 0.25) is 5.02 Å². The number of hydrogen-bond donors (Lipinski definition) is 0. The van der Waals surface area contributed by atoms with Crippen molar-refractivity contribution < 1.29 is 17.9 Å². The van der Waals surface area contributed by atoms with E-state index in [1.807, 2.05) is 0 Å². The largest absolute Gasteiger partial charge is 0.465 e. The Morgan fingerprint density at radius 1 is 1.32 bits per heavy atom. The van der Waals surface area contributed by atoms with Crippen LogP contribution in [-0.2, 0) is 19.4 Å². The highest BCUT2D eigenvalue weighted by molar-refractivity contribution is 7.93. The molecule has 0 atom stereocenters. The molecule has 0 heterocycles. The van der Waals surface area contributed by atoms with Gasteiger partial charge in [-0.3, -0.25) is 4.79 Å². The molecule has 1 saturated carbocycles. The summed E-state index contributed by atoms with van der Waals surface area (Å²) in [5.41, 5.74) is 0. The number of rotatable bonds is 4. The minimum Gasteiger partial charge on any atom is -0.465 e. The first kappa shape index (κ1) is 14.3. The number of carbonyl (C=O) groups excluding carboxylic acids is 1. The number of esters is 1. The van der Waals surface area contributed by atoms with E-state index in [1.54, 1.807) is 6.92 Å². The molecule has 0 N–H and O–H groups in total. The number of benzene rings is 1. The summed E-state index contributed by atoms with van der Waals surface area (Å²) in [6, 6.07) is 5.87. The SMILES string of the molecule is CCOC(=O)C1(S(=O)(=O)c2ccc(Cl)cc2)CCC1. The van der Waals surface area contributed by atoms with Gasteiger partial charge >= 0.3 is 5.97 Å². The van der Waals surface area contributed by atoms with Gasteiger partial charge in [-0.1, -0.05) is 11.6 Å². The van der Waals surface area contributed by atoms with Crippen LogP contribution in [0.15, 0.2) is 29.2 Å². The van der Waals surface area contributed by atoms with Crippen molar-refractivity contribution in [2.24, 2.45) is 0 Å². The molecule has 0 aliphatic heterocycles. The van der Waals surface area contributed by atoms with Crippen molar-refractivity contribution in [3.8, 4) is 0 Å². The Hall–Kier alpha value is -1.07. The summed E-state index contributed by atoms with van der Waals surface area (Å²) < 4.78 is 28.8. The number of hydrogen-bond acceptors (Lipinski definition) is 4. The van der Waals surface area contributed by atoms with Crippen molar-refractivity contribution in [2.45, 2.75) is 35.8 Å². The first-order chi connectivity index (χ1) is 8.94. The molecule has 19 heavy (non-hydrogen) atoms. The molecule has 6 heteroatoms. The van der Waals surface area contributed by atoms with Crippen LogP contribution in [0, 0.1) is 0 Å². The molecule has 0 unspecified atom stereocenters. The van der Waals surface area contributed by atoms with Crippen LogP contribution >= 0.6 is 11.6 Å². The maximum atomic E-state index is 12.6. The van der Waals surface area contributed by atoms with Gasteiger partial charge in [-0.05, 0) is 50.5 Å². The summed E-state index contributed by atoms with van der Waals surface area (Å²) in [5.74, 6) is -0.642. The lowest BCUT2D eigenvalue weighted by molar-refractivity contribution is -0.148. The van der Waals surface area contributed by atoms with Crippen LogP contribution in [0.4, 0.5) is 0 Å². The normalized spacial score (nSPS) is 17.6. The summed E-state index contributed by atoms with van der Waals surface area (Å²) in [6.45, 7) is 1.84. The van der Waals surface area contributed by atoms with Crippen LogP contribution in [0.25, 0.3) is 0 Å². The van der Waals surface area contributed by atoms with E-state index in [0.717, 1.165) is 0 Å². The molecule has 0 saturated heterocycles. The van der Waals surface area contributed by atoms with Crippen molar-refractivity contribution >= 4 is 27.4 Å². The Bertz CT molecular complexity index is 573. The molecular weight excluding hydrogens is 288 g/mol. The predicted octanol–water partition coefficient (Wildman–Crippen LogP) is 2.60. The monoisotopic (exact) mass is 302 g/mol. The van der Waals surface area contributed by atoms with Gasteiger partial charge in [0.05, 0.1) is 11.5 Å². The molecule has 0 amide bonds. The van der Waals surface area contributed by atoms with E-state index in [9.17, 15) is 13.2 Å². The Labute approximate surface area is 117 Å². The lowest BCUT2D eigenvalue weighted by Gasteiger charge is -2.38. The smallest absolute Gasteiger partial charge is 0.327 e. The fraction of sp³-hybridized carbons (Fsp3) is 0.462. The fourth-order valence-electron chi connectivity index (χ4n) is 2.18. The molecule has 0 aromatic heterocycles. The number of halogens is 1. The van der Waals surface area contributed by atoms with Crippen molar-refractivity contribution in [1.29, 1.82) is 0 Å². The second-order valence-electron chi connectivity index (χ2n) is 4.53. The van der Waals surface area contributed by atoms with Crippen molar-refractivity contribution in [2.75, 3.05) is 6.61 Å². The standard InChI is InChI=1S/C13H15ClO4S/c1-2-18-12(15)13(8-3-9-13)19(16,17)11-6-4-10(14)5-7-11/h4-7H,2-3,8-9H2,1H3. The van der Waals surface area contributed by atoms with Gasteiger partial charge in [-0.15, -0.1) is 0 Å². The minimum absolute atomic E-state index is 0.115. The van der Waals surface area contributed by atoms with Gasteiger partial charge in [0.25, 0.3) is 0 Å². The van der Waals surface area contributed by atoms with Crippen molar-refractivity contribution in [1.82, 2.24) is 0 Å². The van der Waals surface area contributed by atoms with Gasteiger partial charge in [0.2, 0.25) is 0 Å². The zero-order valence-corrected chi connectivity index (χ0v) is 12.1. The summed E-state index contributed by atoms with van der Waals surface area (Å²) in [7, 11) is -3.74. The maximum absolute atomic E-state index is 12.6. The van der Waals surface area contributed by atoms with Crippen LogP contribution in [0.1, 0.15) is 26.2 Å². The predicted molar refractivity (Wildman–Crippen MR) is 71.9 cm³/mol. The topological polar surface area (TPSA) is 60.4 Å². The number of ether oxygens (including phenoxy) is 1. The molecule has 1 aliphatic rings. The minimum atomic E-state index is -3.74. The molecule has 4 nitrogen and oxygen atoms in total. The molecule has 0 radical (unpaired) electrons. The molecule has 1 aromatic rings. The van der Waals surface area contributed by atoms with E-state index in [1.165, 1.54) is 24.3 Å². The Kier molecular flexibility index (Phi) is 3.87. The second kappa shape index (κ2) is 5.13. The molecule has 1 aromatic carbocycles. The van der Waals surface area contributed by atoms with Gasteiger partial charge in [0, 0.05) is 5.02 Å². The zero-order chi connectivity index (χ0) is 14.1. The van der Waals surface area contributed by atoms with Gasteiger partial charge in [0.15, 0.2) is 14.6 Å². The van der Waals surface area contributed by atoms with E-state index in [4.69, 9.17) is 16.3 Å². The van der Waals surface area contributed by atoms with Crippen LogP contribution in [0.3, 0.4) is 0 Å². The molecular formula is C13H15ClO4S. The third-order valence-electron chi connectivity index (χ3n) is 3.45. The Balaban J connectivity index is 2.42. The maximum Gasteiger partial charge on any atom is 0.327 e. The van der Waals surface area contributed by atoms with E-state index >= 15 is 0 Å². The first-order valence-corrected chi connectivity index (χ1v) is 7.97. The van der Waals surface area contributed by atoms with Gasteiger partial charge in [-0.2, -0.15) is 0 Å². The number of carbonyl (C=O) groups is 1. The second-order valence-corrected chi connectivity index (χ2v) is 7.22. The van der Waals surface area contributed by atoms with E-state index in [-0.39, 0.29) is 11.5 Å². The third kappa shape index (κ3) is 2.25. The number of sulfone groups is 1. The first-order valence-electron chi connectivity index (χ1n) is 6.11. The molecule has 2 rings (SSSR count). The van der Waals surface area contributed by atoms with Crippen LogP contribution in [-0.4, -0.2) is 25.7 Å². The van der Waals surface area contributed by atoms with Gasteiger partial charge < -0.3 is 4.74 Å². The van der Waals surface area contributed by atoms with E-state index in [0.29, 0.717) is 24.3 Å². The zero-order valence-electron chi connectivity index (χ0n) is 10.6. The average molecular weight is 303 g/mol. The molecule has 0 spiro atoms. The van der Waals surface area contributed by atoms with Crippen LogP contribution < -0.4 is 0 Å². The lowest BCUT2D eigenvalue weighted by Crippen LogP contribution is -2.52. The van der Waals surface area contributed by atoms with Crippen molar-refractivity contribution in [3.05, 3.63) is 29.3 Å². The molecule has 104 valence electrons. The molecule has 1 aliphatic carbocycles. The summed E-state index contributed by atoms with van der Waals surface area (Å²) >= 11 is 5.75. The van der Waals surface area contributed by atoms with E-state index < -0.39 is 20.6 Å². The molecule has 1 fully saturated rings. The Morgan fingerprint density at radius 3 is 2.32 bits per heavy atom. The third-order valence-corrected chi connectivity index (χ3v) is 6.20. The van der Waals surface area contributed by atoms with Gasteiger partial charge in [-0.25, -0.2) is 8.42 Å². The Morgan fingerprint density at radius 2 is 1.89 bits per heavy atom. The lowest BCUT2D eigenvalue weighted by atomic mass is 9.84. The quantitative estimate of drug-likeness (QED) is 0.802. The van der Waals surface area contributed by atoms with Crippen molar-refractivity contribution in [3.63, 3.8) is 0 Å². The highest BCUT2D eigenvalue weighted by Crippen LogP contribution is 2.43.